The third-order valence-corrected chi connectivity index (χ3v) is 11.4. The van der Waals surface area contributed by atoms with E-state index in [4.69, 9.17) is 32.9 Å². The summed E-state index contributed by atoms with van der Waals surface area (Å²) in [5.74, 6) is 0.555. The van der Waals surface area contributed by atoms with E-state index in [1.807, 2.05) is 4.57 Å². The lowest BCUT2D eigenvalue weighted by Crippen LogP contribution is -2.39. The van der Waals surface area contributed by atoms with E-state index in [-0.39, 0.29) is 35.1 Å². The van der Waals surface area contributed by atoms with Gasteiger partial charge in [-0.15, -0.1) is 23.2 Å². The highest BCUT2D eigenvalue weighted by atomic mass is 35.5. The van der Waals surface area contributed by atoms with Gasteiger partial charge in [-0.05, 0) is 63.7 Å². The second-order valence-electron chi connectivity index (χ2n) is 11.5. The van der Waals surface area contributed by atoms with E-state index in [2.05, 4.69) is 0 Å². The molecule has 0 amide bonds. The summed E-state index contributed by atoms with van der Waals surface area (Å²) >= 11 is 14.4. The molecule has 0 aliphatic heterocycles. The number of methoxy groups -OCH3 is 1. The average Bonchev–Trinajstić information content (AvgIpc) is 3.24. The van der Waals surface area contributed by atoms with E-state index in [0.717, 1.165) is 62.8 Å². The SMILES string of the molecule is COC1CC(C2CCCc3nc(SCC4C(F)CCCC4Cl)n(C4CC(F)C(F)CC4F)c32)CCC1Cl. The molecule has 5 rings (SSSR count). The summed E-state index contributed by atoms with van der Waals surface area (Å²) in [5.41, 5.74) is 1.90. The van der Waals surface area contributed by atoms with Crippen LogP contribution in [0, 0.1) is 11.8 Å². The van der Waals surface area contributed by atoms with Gasteiger partial charge in [0.1, 0.15) is 24.7 Å². The number of aromatic nitrogens is 2. The number of rotatable bonds is 6. The minimum atomic E-state index is -1.79. The van der Waals surface area contributed by atoms with Crippen molar-refractivity contribution < 1.29 is 22.3 Å². The number of hydrogen-bond acceptors (Lipinski definition) is 3. The summed E-state index contributed by atoms with van der Waals surface area (Å²) in [7, 11) is 1.69. The number of aryl methyl sites for hydroxylation is 1. The van der Waals surface area contributed by atoms with Crippen LogP contribution in [0.25, 0.3) is 0 Å². The molecular weight excluding hydrogens is 547 g/mol. The van der Waals surface area contributed by atoms with Crippen LogP contribution >= 0.6 is 35.0 Å². The van der Waals surface area contributed by atoms with Crippen LogP contribution in [0.4, 0.5) is 17.6 Å². The van der Waals surface area contributed by atoms with Crippen molar-refractivity contribution in [2.24, 2.45) is 11.8 Å². The van der Waals surface area contributed by atoms with Gasteiger partial charge in [-0.2, -0.15) is 0 Å². The fraction of sp³-hybridized carbons (Fsp3) is 0.889. The Balaban J connectivity index is 1.49. The highest BCUT2D eigenvalue weighted by Gasteiger charge is 2.45. The topological polar surface area (TPSA) is 27.1 Å². The first kappa shape index (κ1) is 28.4. The fourth-order valence-electron chi connectivity index (χ4n) is 7.14. The van der Waals surface area contributed by atoms with Gasteiger partial charge >= 0.3 is 0 Å². The normalized spacial score (nSPS) is 42.9. The van der Waals surface area contributed by atoms with E-state index in [0.29, 0.717) is 23.2 Å². The number of ether oxygens (including phenoxy) is 1. The van der Waals surface area contributed by atoms with E-state index in [1.165, 1.54) is 11.8 Å². The van der Waals surface area contributed by atoms with Gasteiger partial charge in [-0.3, -0.25) is 0 Å². The number of thioether (sulfide) groups is 1. The van der Waals surface area contributed by atoms with Gasteiger partial charge in [0.15, 0.2) is 5.16 Å². The minimum Gasteiger partial charge on any atom is -0.380 e. The van der Waals surface area contributed by atoms with Gasteiger partial charge in [-0.25, -0.2) is 22.5 Å². The summed E-state index contributed by atoms with van der Waals surface area (Å²) < 4.78 is 66.5. The van der Waals surface area contributed by atoms with Crippen LogP contribution in [0.1, 0.15) is 87.6 Å². The number of imidazole rings is 1. The maximum Gasteiger partial charge on any atom is 0.168 e. The molecule has 0 saturated heterocycles. The number of fused-ring (bicyclic) bond motifs is 1. The quantitative estimate of drug-likeness (QED) is 0.193. The highest BCUT2D eigenvalue weighted by Crippen LogP contribution is 2.49. The molecule has 210 valence electrons. The highest BCUT2D eigenvalue weighted by molar-refractivity contribution is 7.99. The molecule has 4 aliphatic carbocycles. The molecule has 0 radical (unpaired) electrons. The van der Waals surface area contributed by atoms with Gasteiger partial charge < -0.3 is 9.30 Å². The van der Waals surface area contributed by atoms with E-state index in [1.54, 1.807) is 7.11 Å². The summed E-state index contributed by atoms with van der Waals surface area (Å²) in [5, 5.41) is 0.324. The van der Waals surface area contributed by atoms with Crippen molar-refractivity contribution in [1.29, 1.82) is 0 Å². The first-order valence-corrected chi connectivity index (χ1v) is 15.7. The molecule has 3 nitrogen and oxygen atoms in total. The Labute approximate surface area is 231 Å². The third kappa shape index (κ3) is 5.83. The largest absolute Gasteiger partial charge is 0.380 e. The molecule has 1 aromatic heterocycles. The van der Waals surface area contributed by atoms with Crippen LogP contribution < -0.4 is 0 Å². The van der Waals surface area contributed by atoms with Crippen molar-refractivity contribution >= 4 is 35.0 Å². The van der Waals surface area contributed by atoms with Crippen molar-refractivity contribution in [2.45, 2.75) is 129 Å². The molecule has 4 aliphatic rings. The monoisotopic (exact) mass is 584 g/mol. The molecule has 1 heterocycles. The van der Waals surface area contributed by atoms with Crippen LogP contribution in [0.5, 0.6) is 0 Å². The first-order valence-electron chi connectivity index (χ1n) is 13.9. The standard InChI is InChI=1S/C27H38Cl2F4N2OS/c1-36-25-10-14(8-9-18(25)29)15-4-2-7-23-26(15)35(24-12-21(32)20(31)11-22(24)33)27(34-23)37-13-16-17(28)5-3-6-19(16)30/h14-22,24-25H,2-13H2,1H3. The molecule has 3 fully saturated rings. The molecule has 0 aromatic carbocycles. The molecule has 3 saturated carbocycles. The summed E-state index contributed by atoms with van der Waals surface area (Å²) in [6.07, 6.45) is 0.644. The Hall–Kier alpha value is -0.180. The average molecular weight is 586 g/mol. The van der Waals surface area contributed by atoms with Crippen LogP contribution in [-0.2, 0) is 11.2 Å². The van der Waals surface area contributed by atoms with Crippen molar-refractivity contribution in [2.75, 3.05) is 12.9 Å². The zero-order valence-electron chi connectivity index (χ0n) is 21.3. The van der Waals surface area contributed by atoms with Crippen LogP contribution in [0.3, 0.4) is 0 Å². The zero-order valence-corrected chi connectivity index (χ0v) is 23.6. The van der Waals surface area contributed by atoms with E-state index >= 15 is 4.39 Å². The predicted octanol–water partition coefficient (Wildman–Crippen LogP) is 7.91. The smallest absolute Gasteiger partial charge is 0.168 e. The fourth-order valence-corrected chi connectivity index (χ4v) is 9.31. The van der Waals surface area contributed by atoms with Gasteiger partial charge in [0, 0.05) is 48.6 Å². The summed E-state index contributed by atoms with van der Waals surface area (Å²) in [4.78, 5) is 4.96. The third-order valence-electron chi connectivity index (χ3n) is 9.25. The molecule has 10 heteroatoms. The molecule has 37 heavy (non-hydrogen) atoms. The van der Waals surface area contributed by atoms with E-state index < -0.39 is 37.1 Å². The van der Waals surface area contributed by atoms with Gasteiger partial charge in [-0.1, -0.05) is 11.8 Å². The lowest BCUT2D eigenvalue weighted by Gasteiger charge is -2.40. The zero-order chi connectivity index (χ0) is 26.3. The van der Waals surface area contributed by atoms with Gasteiger partial charge in [0.05, 0.1) is 23.2 Å². The van der Waals surface area contributed by atoms with E-state index in [9.17, 15) is 13.2 Å². The second kappa shape index (κ2) is 12.1. The Morgan fingerprint density at radius 3 is 2.43 bits per heavy atom. The Morgan fingerprint density at radius 2 is 1.68 bits per heavy atom. The number of alkyl halides is 6. The molecule has 0 bridgehead atoms. The number of halogens is 6. The van der Waals surface area contributed by atoms with Gasteiger partial charge in [0.25, 0.3) is 0 Å². The lowest BCUT2D eigenvalue weighted by molar-refractivity contribution is 0.0291. The minimum absolute atomic E-state index is 0.0321. The Bertz CT molecular complexity index is 915. The Morgan fingerprint density at radius 1 is 0.892 bits per heavy atom. The Kier molecular flexibility index (Phi) is 9.30. The predicted molar refractivity (Wildman–Crippen MR) is 141 cm³/mol. The van der Waals surface area contributed by atoms with Crippen LogP contribution in [0.2, 0.25) is 0 Å². The molecule has 1 aromatic rings. The van der Waals surface area contributed by atoms with Crippen LogP contribution in [0.15, 0.2) is 5.16 Å². The maximum atomic E-state index is 15.5. The molecular formula is C27H38Cl2F4N2OS. The van der Waals surface area contributed by atoms with Crippen molar-refractivity contribution in [1.82, 2.24) is 9.55 Å². The first-order chi connectivity index (χ1) is 17.8. The maximum absolute atomic E-state index is 15.5. The summed E-state index contributed by atoms with van der Waals surface area (Å²) in [6, 6.07) is -0.816. The number of hydrogen-bond donors (Lipinski definition) is 0. The summed E-state index contributed by atoms with van der Waals surface area (Å²) in [6.45, 7) is 0. The van der Waals surface area contributed by atoms with Crippen molar-refractivity contribution in [3.63, 3.8) is 0 Å². The molecule has 11 atom stereocenters. The second-order valence-corrected chi connectivity index (χ2v) is 13.6. The van der Waals surface area contributed by atoms with Crippen molar-refractivity contribution in [3.05, 3.63) is 11.4 Å². The van der Waals surface area contributed by atoms with Gasteiger partial charge in [0.2, 0.25) is 0 Å². The molecule has 0 spiro atoms. The molecule has 11 unspecified atom stereocenters. The van der Waals surface area contributed by atoms with Crippen molar-refractivity contribution in [3.8, 4) is 0 Å². The van der Waals surface area contributed by atoms with Crippen LogP contribution in [-0.4, -0.2) is 64.0 Å². The lowest BCUT2D eigenvalue weighted by atomic mass is 9.72. The number of nitrogens with zero attached hydrogens (tertiary/aromatic N) is 2. The molecule has 0 N–H and O–H groups in total.